The van der Waals surface area contributed by atoms with Gasteiger partial charge in [-0.2, -0.15) is 5.10 Å². The van der Waals surface area contributed by atoms with Gasteiger partial charge in [0.05, 0.1) is 12.8 Å². The van der Waals surface area contributed by atoms with E-state index in [0.717, 1.165) is 24.3 Å². The predicted molar refractivity (Wildman–Crippen MR) is 56.4 cm³/mol. The average Bonchev–Trinajstić information content (AvgIpc) is 2.17. The van der Waals surface area contributed by atoms with E-state index in [4.69, 9.17) is 5.11 Å². The Labute approximate surface area is 84.6 Å². The molecule has 78 valence electrons. The Morgan fingerprint density at radius 2 is 2.21 bits per heavy atom. The number of aliphatic hydroxyl groups is 1. The fourth-order valence-electron chi connectivity index (χ4n) is 1.33. The van der Waals surface area contributed by atoms with Gasteiger partial charge in [0, 0.05) is 13.1 Å². The van der Waals surface area contributed by atoms with Crippen LogP contribution in [0.15, 0.2) is 12.3 Å². The molecule has 0 bridgehead atoms. The molecule has 4 nitrogen and oxygen atoms in total. The minimum atomic E-state index is 0.148. The van der Waals surface area contributed by atoms with Gasteiger partial charge in [0.1, 0.15) is 0 Å². The molecule has 1 aromatic rings. The van der Waals surface area contributed by atoms with E-state index in [1.54, 1.807) is 6.20 Å². The van der Waals surface area contributed by atoms with Gasteiger partial charge >= 0.3 is 0 Å². The number of nitrogens with zero attached hydrogens (tertiary/aromatic N) is 3. The smallest absolute Gasteiger partial charge is 0.151 e. The lowest BCUT2D eigenvalue weighted by atomic mass is 10.3. The van der Waals surface area contributed by atoms with E-state index in [1.165, 1.54) is 0 Å². The van der Waals surface area contributed by atoms with Gasteiger partial charge in [0.25, 0.3) is 0 Å². The molecule has 0 saturated heterocycles. The maximum atomic E-state index is 8.90. The summed E-state index contributed by atoms with van der Waals surface area (Å²) < 4.78 is 0. The third kappa shape index (κ3) is 2.96. The Morgan fingerprint density at radius 1 is 1.43 bits per heavy atom. The minimum absolute atomic E-state index is 0.148. The maximum Gasteiger partial charge on any atom is 0.151 e. The first-order valence-electron chi connectivity index (χ1n) is 4.93. The largest absolute Gasteiger partial charge is 0.395 e. The van der Waals surface area contributed by atoms with Crippen molar-refractivity contribution in [2.75, 3.05) is 24.6 Å². The number of aryl methyl sites for hydroxylation is 1. The fourth-order valence-corrected chi connectivity index (χ4v) is 1.33. The van der Waals surface area contributed by atoms with Gasteiger partial charge < -0.3 is 10.0 Å². The molecule has 4 heteroatoms. The summed E-state index contributed by atoms with van der Waals surface area (Å²) in [6.07, 6.45) is 2.77. The van der Waals surface area contributed by atoms with Gasteiger partial charge in [-0.3, -0.25) is 0 Å². The Hall–Kier alpha value is -1.16. The molecule has 1 heterocycles. The molecule has 1 rings (SSSR count). The topological polar surface area (TPSA) is 49.2 Å². The van der Waals surface area contributed by atoms with Crippen molar-refractivity contribution >= 4 is 5.82 Å². The van der Waals surface area contributed by atoms with Gasteiger partial charge in [-0.15, -0.1) is 5.10 Å². The number of aromatic nitrogens is 2. The van der Waals surface area contributed by atoms with E-state index in [9.17, 15) is 0 Å². The molecule has 0 spiro atoms. The number of hydrogen-bond donors (Lipinski definition) is 1. The zero-order valence-electron chi connectivity index (χ0n) is 8.77. The lowest BCUT2D eigenvalue weighted by Gasteiger charge is -2.21. The molecule has 14 heavy (non-hydrogen) atoms. The van der Waals surface area contributed by atoms with Crippen LogP contribution in [0.25, 0.3) is 0 Å². The molecule has 0 aliphatic carbocycles. The van der Waals surface area contributed by atoms with E-state index in [1.807, 2.05) is 17.9 Å². The van der Waals surface area contributed by atoms with Crippen molar-refractivity contribution in [1.29, 1.82) is 0 Å². The van der Waals surface area contributed by atoms with Crippen LogP contribution in [-0.4, -0.2) is 35.0 Å². The van der Waals surface area contributed by atoms with Gasteiger partial charge in [-0.25, -0.2) is 0 Å². The average molecular weight is 195 g/mol. The van der Waals surface area contributed by atoms with Crippen molar-refractivity contribution in [3.63, 3.8) is 0 Å². The van der Waals surface area contributed by atoms with Crippen molar-refractivity contribution in [3.05, 3.63) is 17.8 Å². The monoisotopic (exact) mass is 195 g/mol. The normalized spacial score (nSPS) is 10.2. The highest BCUT2D eigenvalue weighted by atomic mass is 16.3. The maximum absolute atomic E-state index is 8.90. The first-order valence-corrected chi connectivity index (χ1v) is 4.93. The van der Waals surface area contributed by atoms with Crippen LogP contribution in [0.4, 0.5) is 5.82 Å². The van der Waals surface area contributed by atoms with Crippen molar-refractivity contribution < 1.29 is 5.11 Å². The summed E-state index contributed by atoms with van der Waals surface area (Å²) in [5.41, 5.74) is 1.09. The van der Waals surface area contributed by atoms with Crippen LogP contribution in [0, 0.1) is 6.92 Å². The van der Waals surface area contributed by atoms with Crippen LogP contribution >= 0.6 is 0 Å². The van der Waals surface area contributed by atoms with E-state index in [0.29, 0.717) is 6.54 Å². The quantitative estimate of drug-likeness (QED) is 0.761. The summed E-state index contributed by atoms with van der Waals surface area (Å²) in [6.45, 7) is 5.76. The van der Waals surface area contributed by atoms with Crippen molar-refractivity contribution in [2.24, 2.45) is 0 Å². The third-order valence-electron chi connectivity index (χ3n) is 1.97. The molecule has 0 fully saturated rings. The fraction of sp³-hybridized carbons (Fsp3) is 0.600. The second kappa shape index (κ2) is 5.54. The summed E-state index contributed by atoms with van der Waals surface area (Å²) >= 11 is 0. The summed E-state index contributed by atoms with van der Waals surface area (Å²) in [6, 6.07) is 1.98. The van der Waals surface area contributed by atoms with Crippen LogP contribution < -0.4 is 4.90 Å². The Kier molecular flexibility index (Phi) is 4.32. The van der Waals surface area contributed by atoms with Gasteiger partial charge in [0.15, 0.2) is 5.82 Å². The number of aliphatic hydroxyl groups excluding tert-OH is 1. The Balaban J connectivity index is 2.75. The predicted octanol–water partition coefficient (Wildman–Crippen LogP) is 0.994. The summed E-state index contributed by atoms with van der Waals surface area (Å²) in [5, 5.41) is 16.8. The molecule has 0 atom stereocenters. The molecule has 0 amide bonds. The lowest BCUT2D eigenvalue weighted by molar-refractivity contribution is 0.301. The summed E-state index contributed by atoms with van der Waals surface area (Å²) in [4.78, 5) is 2.04. The van der Waals surface area contributed by atoms with E-state index in [-0.39, 0.29) is 6.61 Å². The Morgan fingerprint density at radius 3 is 2.79 bits per heavy atom. The van der Waals surface area contributed by atoms with E-state index in [2.05, 4.69) is 17.1 Å². The highest BCUT2D eigenvalue weighted by molar-refractivity contribution is 5.38. The third-order valence-corrected chi connectivity index (χ3v) is 1.97. The standard InChI is InChI=1S/C10H17N3O/c1-3-4-13(5-6-14)10-7-9(2)8-11-12-10/h7-8,14H,3-6H2,1-2H3. The second-order valence-corrected chi connectivity index (χ2v) is 3.30. The highest BCUT2D eigenvalue weighted by Gasteiger charge is 2.06. The SMILES string of the molecule is CCCN(CCO)c1cc(C)cnn1. The molecular formula is C10H17N3O. The van der Waals surface area contributed by atoms with Crippen LogP contribution in [-0.2, 0) is 0 Å². The second-order valence-electron chi connectivity index (χ2n) is 3.30. The van der Waals surface area contributed by atoms with Crippen molar-refractivity contribution in [1.82, 2.24) is 10.2 Å². The van der Waals surface area contributed by atoms with Gasteiger partial charge in [0.2, 0.25) is 0 Å². The minimum Gasteiger partial charge on any atom is -0.395 e. The number of hydrogen-bond acceptors (Lipinski definition) is 4. The highest BCUT2D eigenvalue weighted by Crippen LogP contribution is 2.10. The Bertz CT molecular complexity index is 272. The molecule has 0 radical (unpaired) electrons. The molecule has 0 saturated carbocycles. The number of anilines is 1. The molecule has 1 N–H and O–H groups in total. The molecular weight excluding hydrogens is 178 g/mol. The van der Waals surface area contributed by atoms with Crippen LogP contribution in [0.2, 0.25) is 0 Å². The van der Waals surface area contributed by atoms with Crippen LogP contribution in [0.3, 0.4) is 0 Å². The summed E-state index contributed by atoms with van der Waals surface area (Å²) in [5.74, 6) is 0.848. The van der Waals surface area contributed by atoms with Crippen LogP contribution in [0.1, 0.15) is 18.9 Å². The number of rotatable bonds is 5. The molecule has 0 unspecified atom stereocenters. The van der Waals surface area contributed by atoms with Gasteiger partial charge in [-0.05, 0) is 25.0 Å². The first-order chi connectivity index (χ1) is 6.77. The zero-order valence-corrected chi connectivity index (χ0v) is 8.77. The molecule has 0 aliphatic heterocycles. The van der Waals surface area contributed by atoms with E-state index < -0.39 is 0 Å². The van der Waals surface area contributed by atoms with Crippen molar-refractivity contribution in [3.8, 4) is 0 Å². The molecule has 0 aliphatic rings. The summed E-state index contributed by atoms with van der Waals surface area (Å²) in [7, 11) is 0. The van der Waals surface area contributed by atoms with Crippen LogP contribution in [0.5, 0.6) is 0 Å². The molecule has 1 aromatic heterocycles. The van der Waals surface area contributed by atoms with Gasteiger partial charge in [-0.1, -0.05) is 6.92 Å². The lowest BCUT2D eigenvalue weighted by Crippen LogP contribution is -2.28. The zero-order chi connectivity index (χ0) is 10.4. The first kappa shape index (κ1) is 10.9. The van der Waals surface area contributed by atoms with Crippen molar-refractivity contribution in [2.45, 2.75) is 20.3 Å². The van der Waals surface area contributed by atoms with E-state index >= 15 is 0 Å². The molecule has 0 aromatic carbocycles.